The van der Waals surface area contributed by atoms with Gasteiger partial charge in [0.1, 0.15) is 5.82 Å². The van der Waals surface area contributed by atoms with Gasteiger partial charge in [-0.3, -0.25) is 4.79 Å². The van der Waals surface area contributed by atoms with E-state index in [1.807, 2.05) is 35.2 Å². The molecule has 0 unspecified atom stereocenters. The number of aromatic nitrogens is 1. The molecule has 0 spiro atoms. The lowest BCUT2D eigenvalue weighted by Gasteiger charge is -2.20. The highest BCUT2D eigenvalue weighted by molar-refractivity contribution is 6.30. The first kappa shape index (κ1) is 17.7. The van der Waals surface area contributed by atoms with E-state index in [-0.39, 0.29) is 5.91 Å². The van der Waals surface area contributed by atoms with E-state index >= 15 is 0 Å². The lowest BCUT2D eigenvalue weighted by molar-refractivity contribution is 0.0761. The predicted octanol–water partition coefficient (Wildman–Crippen LogP) is 4.41. The molecule has 1 aliphatic rings. The smallest absolute Gasteiger partial charge is 0.254 e. The minimum absolute atomic E-state index is 0.116. The number of benzene rings is 1. The van der Waals surface area contributed by atoms with Gasteiger partial charge in [-0.1, -0.05) is 36.6 Å². The van der Waals surface area contributed by atoms with E-state index < -0.39 is 0 Å². The molecule has 1 saturated heterocycles. The van der Waals surface area contributed by atoms with E-state index in [9.17, 15) is 4.79 Å². The minimum Gasteiger partial charge on any atom is -0.370 e. The maximum atomic E-state index is 12.7. The number of carbonyl (C=O) groups excluding carboxylic acids is 1. The Balaban J connectivity index is 1.57. The van der Waals surface area contributed by atoms with Crippen LogP contribution in [0.2, 0.25) is 5.02 Å². The molecule has 1 aliphatic heterocycles. The van der Waals surface area contributed by atoms with Crippen LogP contribution in [0, 0.1) is 0 Å². The highest BCUT2D eigenvalue weighted by atomic mass is 35.5. The van der Waals surface area contributed by atoms with E-state index in [1.165, 1.54) is 18.4 Å². The van der Waals surface area contributed by atoms with Gasteiger partial charge < -0.3 is 10.2 Å². The number of carbonyl (C=O) groups is 1. The van der Waals surface area contributed by atoms with Gasteiger partial charge in [0.25, 0.3) is 5.91 Å². The molecule has 0 bridgehead atoms. The van der Waals surface area contributed by atoms with E-state index in [4.69, 9.17) is 11.6 Å². The first-order valence-electron chi connectivity index (χ1n) is 8.96. The summed E-state index contributed by atoms with van der Waals surface area (Å²) in [7, 11) is 0. The van der Waals surface area contributed by atoms with Crippen LogP contribution in [0.1, 0.15) is 41.6 Å². The Hall–Kier alpha value is -2.07. The maximum Gasteiger partial charge on any atom is 0.254 e. The number of amides is 1. The Labute approximate surface area is 154 Å². The van der Waals surface area contributed by atoms with Crippen molar-refractivity contribution in [3.63, 3.8) is 0 Å². The zero-order chi connectivity index (χ0) is 17.5. The van der Waals surface area contributed by atoms with Gasteiger partial charge in [0.05, 0.1) is 0 Å². The summed E-state index contributed by atoms with van der Waals surface area (Å²) < 4.78 is 0. The van der Waals surface area contributed by atoms with Gasteiger partial charge in [0.15, 0.2) is 0 Å². The van der Waals surface area contributed by atoms with Gasteiger partial charge >= 0.3 is 0 Å². The molecule has 132 valence electrons. The normalized spacial score (nSPS) is 14.8. The lowest BCUT2D eigenvalue weighted by atomic mass is 10.1. The van der Waals surface area contributed by atoms with Gasteiger partial charge in [-0.15, -0.1) is 0 Å². The second kappa shape index (κ2) is 8.86. The monoisotopic (exact) mass is 357 g/mol. The number of hydrogen-bond donors (Lipinski definition) is 1. The topological polar surface area (TPSA) is 45.2 Å². The largest absolute Gasteiger partial charge is 0.370 e. The van der Waals surface area contributed by atoms with Crippen LogP contribution in [0.15, 0.2) is 42.6 Å². The van der Waals surface area contributed by atoms with Gasteiger partial charge in [-0.25, -0.2) is 4.98 Å². The number of nitrogens with one attached hydrogen (secondary N) is 1. The number of anilines is 1. The molecule has 5 heteroatoms. The molecule has 2 aromatic rings. The summed E-state index contributed by atoms with van der Waals surface area (Å²) in [5, 5.41) is 4.05. The van der Waals surface area contributed by atoms with Crippen LogP contribution >= 0.6 is 11.6 Å². The zero-order valence-corrected chi connectivity index (χ0v) is 15.1. The Morgan fingerprint density at radius 3 is 2.52 bits per heavy atom. The third-order valence-corrected chi connectivity index (χ3v) is 4.79. The Morgan fingerprint density at radius 2 is 1.80 bits per heavy atom. The number of nitrogens with zero attached hydrogens (tertiary/aromatic N) is 2. The average Bonchev–Trinajstić information content (AvgIpc) is 2.92. The number of halogens is 1. The van der Waals surface area contributed by atoms with Crippen molar-refractivity contribution in [2.45, 2.75) is 32.1 Å². The van der Waals surface area contributed by atoms with Crippen molar-refractivity contribution in [3.8, 4) is 0 Å². The minimum atomic E-state index is 0.116. The molecule has 1 fully saturated rings. The van der Waals surface area contributed by atoms with Crippen LogP contribution in [0.3, 0.4) is 0 Å². The number of hydrogen-bond acceptors (Lipinski definition) is 3. The van der Waals surface area contributed by atoms with E-state index in [1.54, 1.807) is 12.3 Å². The van der Waals surface area contributed by atoms with Crippen LogP contribution < -0.4 is 5.32 Å². The highest BCUT2D eigenvalue weighted by Gasteiger charge is 2.17. The van der Waals surface area contributed by atoms with Crippen molar-refractivity contribution in [2.24, 2.45) is 0 Å². The summed E-state index contributed by atoms with van der Waals surface area (Å²) in [6, 6.07) is 11.5. The van der Waals surface area contributed by atoms with Gasteiger partial charge in [-0.2, -0.15) is 0 Å². The molecule has 1 N–H and O–H groups in total. The van der Waals surface area contributed by atoms with Crippen molar-refractivity contribution in [3.05, 3.63) is 58.7 Å². The summed E-state index contributed by atoms with van der Waals surface area (Å²) in [5.74, 6) is 0.861. The third kappa shape index (κ3) is 5.20. The quantitative estimate of drug-likeness (QED) is 0.862. The molecule has 1 aromatic heterocycles. The first-order chi connectivity index (χ1) is 12.2. The van der Waals surface area contributed by atoms with Crippen molar-refractivity contribution < 1.29 is 4.79 Å². The fourth-order valence-electron chi connectivity index (χ4n) is 3.10. The van der Waals surface area contributed by atoms with Gasteiger partial charge in [0, 0.05) is 36.4 Å². The molecule has 3 rings (SSSR count). The Kier molecular flexibility index (Phi) is 6.29. The lowest BCUT2D eigenvalue weighted by Crippen LogP contribution is -2.31. The van der Waals surface area contributed by atoms with Crippen LogP contribution in [0.4, 0.5) is 5.82 Å². The number of rotatable bonds is 5. The van der Waals surface area contributed by atoms with Crippen LogP contribution in [-0.2, 0) is 6.42 Å². The zero-order valence-electron chi connectivity index (χ0n) is 14.4. The highest BCUT2D eigenvalue weighted by Crippen LogP contribution is 2.15. The molecule has 25 heavy (non-hydrogen) atoms. The van der Waals surface area contributed by atoms with E-state index in [0.717, 1.165) is 49.7 Å². The summed E-state index contributed by atoms with van der Waals surface area (Å²) in [5.41, 5.74) is 1.93. The van der Waals surface area contributed by atoms with Crippen molar-refractivity contribution in [2.75, 3.05) is 25.0 Å². The fraction of sp³-hybridized carbons (Fsp3) is 0.400. The van der Waals surface area contributed by atoms with E-state index in [0.29, 0.717) is 5.56 Å². The SMILES string of the molecule is O=C(c1ccnc(NCCc2ccc(Cl)cc2)c1)N1CCCCCC1. The second-order valence-corrected chi connectivity index (χ2v) is 6.88. The molecule has 4 nitrogen and oxygen atoms in total. The molecule has 2 heterocycles. The van der Waals surface area contributed by atoms with Gasteiger partial charge in [0.2, 0.25) is 0 Å². The molecule has 0 aliphatic carbocycles. The average molecular weight is 358 g/mol. The second-order valence-electron chi connectivity index (χ2n) is 6.44. The van der Waals surface area contributed by atoms with Crippen LogP contribution in [-0.4, -0.2) is 35.4 Å². The fourth-order valence-corrected chi connectivity index (χ4v) is 3.23. The van der Waals surface area contributed by atoms with Crippen LogP contribution in [0.5, 0.6) is 0 Å². The maximum absolute atomic E-state index is 12.7. The third-order valence-electron chi connectivity index (χ3n) is 4.53. The standard InChI is InChI=1S/C20H24ClN3O/c21-18-7-5-16(6-8-18)9-11-22-19-15-17(10-12-23-19)20(25)24-13-3-1-2-4-14-24/h5-8,10,12,15H,1-4,9,11,13-14H2,(H,22,23). The van der Waals surface area contributed by atoms with Crippen molar-refractivity contribution >= 4 is 23.3 Å². The molecular formula is C20H24ClN3O. The summed E-state index contributed by atoms with van der Waals surface area (Å²) in [6.45, 7) is 2.48. The molecule has 1 amide bonds. The summed E-state index contributed by atoms with van der Waals surface area (Å²) in [4.78, 5) is 19.0. The number of likely N-dealkylation sites (tertiary alicyclic amines) is 1. The summed E-state index contributed by atoms with van der Waals surface area (Å²) >= 11 is 5.90. The molecular weight excluding hydrogens is 334 g/mol. The molecule has 0 atom stereocenters. The molecule has 0 radical (unpaired) electrons. The predicted molar refractivity (Wildman–Crippen MR) is 102 cm³/mol. The number of pyridine rings is 1. The Bertz CT molecular complexity index is 694. The van der Waals surface area contributed by atoms with E-state index in [2.05, 4.69) is 10.3 Å². The van der Waals surface area contributed by atoms with Crippen molar-refractivity contribution in [1.29, 1.82) is 0 Å². The molecule has 0 saturated carbocycles. The van der Waals surface area contributed by atoms with Gasteiger partial charge in [-0.05, 0) is 49.1 Å². The molecule has 1 aromatic carbocycles. The van der Waals surface area contributed by atoms with Crippen LogP contribution in [0.25, 0.3) is 0 Å². The first-order valence-corrected chi connectivity index (χ1v) is 9.34. The summed E-state index contributed by atoms with van der Waals surface area (Å²) in [6.07, 6.45) is 7.22. The van der Waals surface area contributed by atoms with Crippen molar-refractivity contribution in [1.82, 2.24) is 9.88 Å². The Morgan fingerprint density at radius 1 is 1.08 bits per heavy atom.